The Balaban J connectivity index is 1.98. The molecule has 0 aliphatic carbocycles. The molecule has 4 nitrogen and oxygen atoms in total. The summed E-state index contributed by atoms with van der Waals surface area (Å²) in [5, 5.41) is 3.23. The zero-order chi connectivity index (χ0) is 9.80. The van der Waals surface area contributed by atoms with E-state index >= 15 is 0 Å². The second-order valence-corrected chi connectivity index (χ2v) is 3.02. The molecule has 0 amide bonds. The Labute approximate surface area is 82.0 Å². The van der Waals surface area contributed by atoms with Crippen molar-refractivity contribution in [3.05, 3.63) is 42.4 Å². The third-order valence-electron chi connectivity index (χ3n) is 1.85. The van der Waals surface area contributed by atoms with Crippen LogP contribution >= 0.6 is 0 Å². The van der Waals surface area contributed by atoms with Crippen LogP contribution in [0.15, 0.2) is 35.4 Å². The summed E-state index contributed by atoms with van der Waals surface area (Å²) in [6.07, 6.45) is 4.83. The van der Waals surface area contributed by atoms with Crippen molar-refractivity contribution in [2.75, 3.05) is 5.32 Å². The van der Waals surface area contributed by atoms with Gasteiger partial charge in [0.15, 0.2) is 6.39 Å². The summed E-state index contributed by atoms with van der Waals surface area (Å²) in [6.45, 7) is 2.63. The van der Waals surface area contributed by atoms with Crippen LogP contribution in [0, 0.1) is 6.92 Å². The molecule has 0 aliphatic rings. The lowest BCUT2D eigenvalue weighted by Crippen LogP contribution is -1.99. The molecule has 2 rings (SSSR count). The van der Waals surface area contributed by atoms with Crippen LogP contribution in [0.2, 0.25) is 0 Å². The molecule has 4 heteroatoms. The molecule has 2 aromatic heterocycles. The molecule has 1 N–H and O–H groups in total. The minimum atomic E-state index is 0.667. The van der Waals surface area contributed by atoms with Crippen molar-refractivity contribution in [3.63, 3.8) is 0 Å². The van der Waals surface area contributed by atoms with Crippen molar-refractivity contribution in [3.8, 4) is 0 Å². The third-order valence-corrected chi connectivity index (χ3v) is 1.85. The SMILES string of the molecule is Cc1cc(NCc2cocn2)ccn1. The van der Waals surface area contributed by atoms with Crippen molar-refractivity contribution in [2.45, 2.75) is 13.5 Å². The summed E-state index contributed by atoms with van der Waals surface area (Å²) in [4.78, 5) is 8.12. The first-order chi connectivity index (χ1) is 6.84. The van der Waals surface area contributed by atoms with E-state index in [0.717, 1.165) is 17.1 Å². The molecular formula is C10H11N3O. The van der Waals surface area contributed by atoms with Gasteiger partial charge in [-0.3, -0.25) is 4.98 Å². The summed E-state index contributed by atoms with van der Waals surface area (Å²) < 4.78 is 4.86. The average molecular weight is 189 g/mol. The van der Waals surface area contributed by atoms with Gasteiger partial charge in [-0.1, -0.05) is 0 Å². The highest BCUT2D eigenvalue weighted by Gasteiger charge is 1.96. The van der Waals surface area contributed by atoms with E-state index in [4.69, 9.17) is 4.42 Å². The second kappa shape index (κ2) is 3.91. The van der Waals surface area contributed by atoms with Gasteiger partial charge >= 0.3 is 0 Å². The van der Waals surface area contributed by atoms with E-state index in [2.05, 4.69) is 15.3 Å². The van der Waals surface area contributed by atoms with Crippen LogP contribution in [0.5, 0.6) is 0 Å². The Morgan fingerprint density at radius 1 is 1.43 bits per heavy atom. The zero-order valence-corrected chi connectivity index (χ0v) is 7.90. The highest BCUT2D eigenvalue weighted by Crippen LogP contribution is 2.08. The van der Waals surface area contributed by atoms with E-state index in [1.54, 1.807) is 12.5 Å². The van der Waals surface area contributed by atoms with Crippen LogP contribution in [0.25, 0.3) is 0 Å². The number of aryl methyl sites for hydroxylation is 1. The fourth-order valence-corrected chi connectivity index (χ4v) is 1.17. The van der Waals surface area contributed by atoms with Gasteiger partial charge in [-0.15, -0.1) is 0 Å². The van der Waals surface area contributed by atoms with Gasteiger partial charge in [0.25, 0.3) is 0 Å². The first kappa shape index (κ1) is 8.74. The summed E-state index contributed by atoms with van der Waals surface area (Å²) in [5.74, 6) is 0. The Bertz CT molecular complexity index is 398. The molecule has 0 saturated carbocycles. The fourth-order valence-electron chi connectivity index (χ4n) is 1.17. The van der Waals surface area contributed by atoms with Crippen LogP contribution in [-0.2, 0) is 6.54 Å². The monoisotopic (exact) mass is 189 g/mol. The third kappa shape index (κ3) is 2.10. The van der Waals surface area contributed by atoms with Crippen molar-refractivity contribution in [2.24, 2.45) is 0 Å². The van der Waals surface area contributed by atoms with Crippen molar-refractivity contribution in [1.82, 2.24) is 9.97 Å². The average Bonchev–Trinajstić information content (AvgIpc) is 2.67. The van der Waals surface area contributed by atoms with Crippen LogP contribution in [0.3, 0.4) is 0 Å². The summed E-state index contributed by atoms with van der Waals surface area (Å²) in [5.41, 5.74) is 2.93. The number of nitrogens with zero attached hydrogens (tertiary/aromatic N) is 2. The maximum absolute atomic E-state index is 4.86. The highest BCUT2D eigenvalue weighted by molar-refractivity contribution is 5.42. The molecule has 72 valence electrons. The molecule has 0 atom stereocenters. The van der Waals surface area contributed by atoms with Crippen molar-refractivity contribution in [1.29, 1.82) is 0 Å². The minimum absolute atomic E-state index is 0.667. The molecule has 2 heterocycles. The maximum atomic E-state index is 4.86. The number of oxazole rings is 1. The molecule has 0 saturated heterocycles. The number of aromatic nitrogens is 2. The maximum Gasteiger partial charge on any atom is 0.180 e. The molecule has 0 spiro atoms. The predicted molar refractivity (Wildman–Crippen MR) is 52.8 cm³/mol. The molecule has 0 aliphatic heterocycles. The van der Waals surface area contributed by atoms with Crippen LogP contribution in [0.1, 0.15) is 11.4 Å². The fraction of sp³-hybridized carbons (Fsp3) is 0.200. The number of hydrogen-bond acceptors (Lipinski definition) is 4. The molecule has 14 heavy (non-hydrogen) atoms. The molecule has 2 aromatic rings. The van der Waals surface area contributed by atoms with Crippen molar-refractivity contribution < 1.29 is 4.42 Å². The van der Waals surface area contributed by atoms with Gasteiger partial charge in [0.05, 0.1) is 12.2 Å². The molecule has 0 radical (unpaired) electrons. The number of hydrogen-bond donors (Lipinski definition) is 1. The Kier molecular flexibility index (Phi) is 2.44. The molecule has 0 unspecified atom stereocenters. The Morgan fingerprint density at radius 3 is 3.07 bits per heavy atom. The smallest absolute Gasteiger partial charge is 0.180 e. The van der Waals surface area contributed by atoms with E-state index < -0.39 is 0 Å². The molecule has 0 fully saturated rings. The number of nitrogens with one attached hydrogen (secondary N) is 1. The van der Waals surface area contributed by atoms with Crippen molar-refractivity contribution >= 4 is 5.69 Å². The van der Waals surface area contributed by atoms with Crippen LogP contribution in [-0.4, -0.2) is 9.97 Å². The van der Waals surface area contributed by atoms with Gasteiger partial charge in [0.2, 0.25) is 0 Å². The van der Waals surface area contributed by atoms with Gasteiger partial charge in [-0.2, -0.15) is 0 Å². The minimum Gasteiger partial charge on any atom is -0.451 e. The number of rotatable bonds is 3. The Morgan fingerprint density at radius 2 is 2.36 bits per heavy atom. The topological polar surface area (TPSA) is 51.0 Å². The van der Waals surface area contributed by atoms with E-state index in [1.807, 2.05) is 19.1 Å². The van der Waals surface area contributed by atoms with Gasteiger partial charge in [-0.05, 0) is 19.1 Å². The van der Waals surface area contributed by atoms with Gasteiger partial charge in [0.1, 0.15) is 6.26 Å². The first-order valence-corrected chi connectivity index (χ1v) is 4.38. The zero-order valence-electron chi connectivity index (χ0n) is 7.90. The summed E-state index contributed by atoms with van der Waals surface area (Å²) in [6, 6.07) is 3.91. The van der Waals surface area contributed by atoms with E-state index in [9.17, 15) is 0 Å². The van der Waals surface area contributed by atoms with Crippen LogP contribution < -0.4 is 5.32 Å². The largest absolute Gasteiger partial charge is 0.451 e. The van der Waals surface area contributed by atoms with Crippen LogP contribution in [0.4, 0.5) is 5.69 Å². The van der Waals surface area contributed by atoms with Gasteiger partial charge < -0.3 is 9.73 Å². The Hall–Kier alpha value is -1.84. The lowest BCUT2D eigenvalue weighted by Gasteiger charge is -2.03. The quantitative estimate of drug-likeness (QED) is 0.802. The molecular weight excluding hydrogens is 178 g/mol. The summed E-state index contributed by atoms with van der Waals surface area (Å²) >= 11 is 0. The van der Waals surface area contributed by atoms with Gasteiger partial charge in [0, 0.05) is 17.6 Å². The second-order valence-electron chi connectivity index (χ2n) is 3.02. The lowest BCUT2D eigenvalue weighted by atomic mass is 10.3. The molecule has 0 bridgehead atoms. The normalized spacial score (nSPS) is 10.1. The standard InChI is InChI=1S/C10H11N3O/c1-8-4-9(2-3-11-8)12-5-10-6-14-7-13-10/h2-4,6-7H,5H2,1H3,(H,11,12). The predicted octanol–water partition coefficient (Wildman–Crippen LogP) is 1.99. The number of anilines is 1. The lowest BCUT2D eigenvalue weighted by molar-refractivity contribution is 0.556. The molecule has 0 aromatic carbocycles. The van der Waals surface area contributed by atoms with E-state index in [0.29, 0.717) is 6.54 Å². The van der Waals surface area contributed by atoms with Gasteiger partial charge in [-0.25, -0.2) is 4.98 Å². The number of pyridine rings is 1. The van der Waals surface area contributed by atoms with E-state index in [1.165, 1.54) is 6.39 Å². The summed E-state index contributed by atoms with van der Waals surface area (Å²) in [7, 11) is 0. The van der Waals surface area contributed by atoms with E-state index in [-0.39, 0.29) is 0 Å². The first-order valence-electron chi connectivity index (χ1n) is 4.38. The highest BCUT2D eigenvalue weighted by atomic mass is 16.3.